The number of phenolic OH excluding ortho intramolecular Hbond substituents is 2. The summed E-state index contributed by atoms with van der Waals surface area (Å²) in [6.45, 7) is -0.476. The van der Waals surface area contributed by atoms with Crippen LogP contribution in [-0.2, 0) is 28.5 Å². The lowest BCUT2D eigenvalue weighted by Crippen LogP contribution is -2.60. The molecule has 164 valence electrons. The molecule has 2 aliphatic rings. The second kappa shape index (κ2) is 9.41. The van der Waals surface area contributed by atoms with Crippen LogP contribution in [0.15, 0.2) is 24.3 Å². The molecule has 5 N–H and O–H groups in total. The summed E-state index contributed by atoms with van der Waals surface area (Å²) < 4.78 is 20.6. The van der Waals surface area contributed by atoms with Gasteiger partial charge in [0.05, 0.1) is 6.42 Å². The summed E-state index contributed by atoms with van der Waals surface area (Å²) >= 11 is 0. The summed E-state index contributed by atoms with van der Waals surface area (Å²) in [5.74, 6) is -1.92. The number of cyclic esters (lactones) is 1. The number of ether oxygens (including phenoxy) is 4. The SMILES string of the molecule is O=C(C=Cc1ccc(O)c(O)c1)OCC1OC(OC2COC(=O)C2)C(O)C(O)C1O. The van der Waals surface area contributed by atoms with Gasteiger partial charge in [0.15, 0.2) is 17.8 Å². The molecule has 0 radical (unpaired) electrons. The maximum Gasteiger partial charge on any atom is 0.330 e. The molecule has 1 aromatic carbocycles. The Labute approximate surface area is 170 Å². The molecule has 6 atom stereocenters. The van der Waals surface area contributed by atoms with Crippen molar-refractivity contribution in [1.82, 2.24) is 0 Å². The molecule has 0 aliphatic carbocycles. The van der Waals surface area contributed by atoms with Crippen LogP contribution in [-0.4, -0.2) is 87.5 Å². The fraction of sp³-hybridized carbons (Fsp3) is 0.474. The van der Waals surface area contributed by atoms with Crippen LogP contribution in [0.5, 0.6) is 11.5 Å². The Balaban J connectivity index is 1.54. The number of aliphatic hydroxyl groups excluding tert-OH is 3. The number of hydrogen-bond acceptors (Lipinski definition) is 11. The maximum absolute atomic E-state index is 11.9. The molecule has 0 bridgehead atoms. The minimum Gasteiger partial charge on any atom is -0.504 e. The normalized spacial score (nSPS) is 31.6. The van der Waals surface area contributed by atoms with Gasteiger partial charge < -0.3 is 44.5 Å². The Morgan fingerprint density at radius 1 is 1.13 bits per heavy atom. The van der Waals surface area contributed by atoms with Gasteiger partial charge in [-0.1, -0.05) is 6.07 Å². The molecule has 2 aliphatic heterocycles. The van der Waals surface area contributed by atoms with Crippen LogP contribution >= 0.6 is 0 Å². The molecular formula is C19H22O11. The van der Waals surface area contributed by atoms with Gasteiger partial charge in [0.25, 0.3) is 0 Å². The lowest BCUT2D eigenvalue weighted by atomic mass is 9.99. The highest BCUT2D eigenvalue weighted by Gasteiger charge is 2.46. The van der Waals surface area contributed by atoms with Crippen molar-refractivity contribution >= 4 is 18.0 Å². The van der Waals surface area contributed by atoms with E-state index in [2.05, 4.69) is 0 Å². The number of carbonyl (C=O) groups excluding carboxylic acids is 2. The Kier molecular flexibility index (Phi) is 6.90. The van der Waals surface area contributed by atoms with Crippen molar-refractivity contribution in [2.24, 2.45) is 0 Å². The molecule has 2 fully saturated rings. The average Bonchev–Trinajstić information content (AvgIpc) is 3.13. The van der Waals surface area contributed by atoms with Gasteiger partial charge in [-0.25, -0.2) is 4.79 Å². The van der Waals surface area contributed by atoms with Crippen LogP contribution in [0.3, 0.4) is 0 Å². The Morgan fingerprint density at radius 3 is 2.57 bits per heavy atom. The van der Waals surface area contributed by atoms with E-state index in [9.17, 15) is 35.1 Å². The molecule has 0 aromatic heterocycles. The number of rotatable bonds is 6. The fourth-order valence-electron chi connectivity index (χ4n) is 2.95. The van der Waals surface area contributed by atoms with Crippen LogP contribution < -0.4 is 0 Å². The smallest absolute Gasteiger partial charge is 0.330 e. The molecule has 0 saturated carbocycles. The topological polar surface area (TPSA) is 172 Å². The number of benzene rings is 1. The molecule has 2 heterocycles. The van der Waals surface area contributed by atoms with Crippen molar-refractivity contribution < 1.29 is 54.1 Å². The van der Waals surface area contributed by atoms with E-state index in [0.717, 1.165) is 6.08 Å². The van der Waals surface area contributed by atoms with Crippen molar-refractivity contribution in [3.05, 3.63) is 29.8 Å². The Bertz CT molecular complexity index is 808. The highest BCUT2D eigenvalue weighted by atomic mass is 16.7. The molecule has 3 rings (SSSR count). The second-order valence-corrected chi connectivity index (χ2v) is 6.87. The monoisotopic (exact) mass is 426 g/mol. The Hall–Kier alpha value is -2.70. The molecule has 11 nitrogen and oxygen atoms in total. The first-order valence-electron chi connectivity index (χ1n) is 9.12. The zero-order chi connectivity index (χ0) is 21.8. The minimum atomic E-state index is -1.62. The van der Waals surface area contributed by atoms with Gasteiger partial charge >= 0.3 is 11.9 Å². The van der Waals surface area contributed by atoms with Crippen LogP contribution in [0, 0.1) is 0 Å². The number of esters is 2. The van der Waals surface area contributed by atoms with Crippen LogP contribution in [0.2, 0.25) is 0 Å². The summed E-state index contributed by atoms with van der Waals surface area (Å²) in [7, 11) is 0. The molecule has 30 heavy (non-hydrogen) atoms. The van der Waals surface area contributed by atoms with Gasteiger partial charge in [-0.2, -0.15) is 0 Å². The average molecular weight is 426 g/mol. The maximum atomic E-state index is 11.9. The Morgan fingerprint density at radius 2 is 1.90 bits per heavy atom. The standard InChI is InChI=1S/C19H22O11/c20-11-3-1-9(5-12(11)21)2-4-14(22)28-8-13-16(24)17(25)18(26)19(30-13)29-10-6-15(23)27-7-10/h1-5,10,13,16-21,24-26H,6-8H2. The lowest BCUT2D eigenvalue weighted by molar-refractivity contribution is -0.311. The van der Waals surface area contributed by atoms with Crippen LogP contribution in [0.1, 0.15) is 12.0 Å². The molecule has 1 aromatic rings. The lowest BCUT2D eigenvalue weighted by Gasteiger charge is -2.40. The molecule has 0 amide bonds. The number of phenols is 2. The zero-order valence-electron chi connectivity index (χ0n) is 15.7. The van der Waals surface area contributed by atoms with Crippen molar-refractivity contribution in [3.8, 4) is 11.5 Å². The quantitative estimate of drug-likeness (QED) is 0.210. The third kappa shape index (κ3) is 5.26. The molecule has 2 saturated heterocycles. The third-order valence-corrected chi connectivity index (χ3v) is 4.62. The molecular weight excluding hydrogens is 404 g/mol. The van der Waals surface area contributed by atoms with Crippen LogP contribution in [0.4, 0.5) is 0 Å². The summed E-state index contributed by atoms with van der Waals surface area (Å²) in [6.07, 6.45) is -5.63. The van der Waals surface area contributed by atoms with Gasteiger partial charge in [-0.05, 0) is 23.8 Å². The fourth-order valence-corrected chi connectivity index (χ4v) is 2.95. The summed E-state index contributed by atoms with van der Waals surface area (Å²) in [4.78, 5) is 23.1. The summed E-state index contributed by atoms with van der Waals surface area (Å²) in [5, 5.41) is 48.8. The van der Waals surface area contributed by atoms with Gasteiger partial charge in [-0.15, -0.1) is 0 Å². The highest BCUT2D eigenvalue weighted by molar-refractivity contribution is 5.87. The molecule has 6 unspecified atom stereocenters. The number of carbonyl (C=O) groups is 2. The van der Waals surface area contributed by atoms with E-state index in [4.69, 9.17) is 18.9 Å². The van der Waals surface area contributed by atoms with E-state index in [1.54, 1.807) is 0 Å². The van der Waals surface area contributed by atoms with Crippen molar-refractivity contribution in [3.63, 3.8) is 0 Å². The number of aliphatic hydroxyl groups is 3. The highest BCUT2D eigenvalue weighted by Crippen LogP contribution is 2.26. The van der Waals surface area contributed by atoms with E-state index in [-0.39, 0.29) is 24.5 Å². The number of aromatic hydroxyl groups is 2. The van der Waals surface area contributed by atoms with E-state index in [1.807, 2.05) is 0 Å². The predicted molar refractivity (Wildman–Crippen MR) is 96.9 cm³/mol. The van der Waals surface area contributed by atoms with Crippen molar-refractivity contribution in [1.29, 1.82) is 0 Å². The molecule has 0 spiro atoms. The third-order valence-electron chi connectivity index (χ3n) is 4.62. The van der Waals surface area contributed by atoms with E-state index < -0.39 is 55.4 Å². The van der Waals surface area contributed by atoms with Gasteiger partial charge in [0.2, 0.25) is 0 Å². The predicted octanol–water partition coefficient (Wildman–Crippen LogP) is -1.21. The minimum absolute atomic E-state index is 0.0265. The summed E-state index contributed by atoms with van der Waals surface area (Å²) in [5.41, 5.74) is 0.427. The van der Waals surface area contributed by atoms with Crippen molar-refractivity contribution in [2.75, 3.05) is 13.2 Å². The van der Waals surface area contributed by atoms with E-state index in [1.165, 1.54) is 24.3 Å². The zero-order valence-corrected chi connectivity index (χ0v) is 15.7. The first-order valence-corrected chi connectivity index (χ1v) is 9.12. The second-order valence-electron chi connectivity index (χ2n) is 6.87. The number of hydrogen-bond donors (Lipinski definition) is 5. The van der Waals surface area contributed by atoms with Gasteiger partial charge in [0.1, 0.15) is 43.7 Å². The first-order chi connectivity index (χ1) is 14.2. The van der Waals surface area contributed by atoms with E-state index in [0.29, 0.717) is 5.56 Å². The largest absolute Gasteiger partial charge is 0.504 e. The van der Waals surface area contributed by atoms with Gasteiger partial charge in [0, 0.05) is 6.08 Å². The van der Waals surface area contributed by atoms with Crippen molar-refractivity contribution in [2.45, 2.75) is 43.2 Å². The van der Waals surface area contributed by atoms with E-state index >= 15 is 0 Å². The van der Waals surface area contributed by atoms with Gasteiger partial charge in [-0.3, -0.25) is 4.79 Å². The molecule has 11 heteroatoms. The van der Waals surface area contributed by atoms with Crippen LogP contribution in [0.25, 0.3) is 6.08 Å². The summed E-state index contributed by atoms with van der Waals surface area (Å²) in [6, 6.07) is 3.95. The first kappa shape index (κ1) is 22.0.